The van der Waals surface area contributed by atoms with Gasteiger partial charge < -0.3 is 15.5 Å². The molecule has 20 heavy (non-hydrogen) atoms. The third kappa shape index (κ3) is 3.22. The summed E-state index contributed by atoms with van der Waals surface area (Å²) in [6, 6.07) is 3.65. The molecule has 0 unspecified atom stereocenters. The van der Waals surface area contributed by atoms with Crippen LogP contribution in [0.3, 0.4) is 0 Å². The first-order valence-electron chi connectivity index (χ1n) is 5.78. The van der Waals surface area contributed by atoms with Crippen LogP contribution in [0.5, 0.6) is 0 Å². The standard InChI is InChI=1S/C12H13N3O4S/c1-6-2-3-7-9(4-6)20-12(14-7)15-11(19)13-8(5-16)10(17)18/h2-4,8,16H,5H2,1H3,(H,17,18)(H2,13,14,15,19)/t8-/m1/s1. The van der Waals surface area contributed by atoms with E-state index >= 15 is 0 Å². The molecule has 0 spiro atoms. The number of aryl methyl sites for hydroxylation is 1. The molecule has 2 aromatic rings. The highest BCUT2D eigenvalue weighted by atomic mass is 32.1. The minimum Gasteiger partial charge on any atom is -0.480 e. The van der Waals surface area contributed by atoms with E-state index < -0.39 is 24.6 Å². The van der Waals surface area contributed by atoms with Gasteiger partial charge in [-0.2, -0.15) is 0 Å². The third-order valence-corrected chi connectivity index (χ3v) is 3.48. The van der Waals surface area contributed by atoms with E-state index in [4.69, 9.17) is 10.2 Å². The maximum absolute atomic E-state index is 11.6. The Hall–Kier alpha value is -2.19. The van der Waals surface area contributed by atoms with Gasteiger partial charge in [-0.05, 0) is 24.6 Å². The van der Waals surface area contributed by atoms with Crippen LogP contribution in [0.4, 0.5) is 9.93 Å². The molecule has 2 rings (SSSR count). The number of hydrogen-bond donors (Lipinski definition) is 4. The number of thiazole rings is 1. The Morgan fingerprint density at radius 1 is 1.45 bits per heavy atom. The topological polar surface area (TPSA) is 112 Å². The van der Waals surface area contributed by atoms with E-state index in [0.29, 0.717) is 5.13 Å². The largest absolute Gasteiger partial charge is 0.480 e. The number of nitrogens with zero attached hydrogens (tertiary/aromatic N) is 1. The zero-order valence-electron chi connectivity index (χ0n) is 10.6. The highest BCUT2D eigenvalue weighted by molar-refractivity contribution is 7.22. The van der Waals surface area contributed by atoms with Crippen molar-refractivity contribution in [3.63, 3.8) is 0 Å². The predicted octanol–water partition coefficient (Wildman–Crippen LogP) is 1.17. The predicted molar refractivity (Wildman–Crippen MR) is 75.0 cm³/mol. The van der Waals surface area contributed by atoms with Gasteiger partial charge in [0.05, 0.1) is 16.8 Å². The average Bonchev–Trinajstić information content (AvgIpc) is 2.76. The summed E-state index contributed by atoms with van der Waals surface area (Å²) in [5.41, 5.74) is 1.84. The Balaban J connectivity index is 2.08. The molecule has 0 saturated heterocycles. The number of anilines is 1. The van der Waals surface area contributed by atoms with E-state index in [1.807, 2.05) is 25.1 Å². The highest BCUT2D eigenvalue weighted by Crippen LogP contribution is 2.26. The molecule has 2 amide bonds. The minimum absolute atomic E-state index is 0.366. The Kier molecular flexibility index (Phi) is 4.16. The zero-order chi connectivity index (χ0) is 14.7. The number of aliphatic hydroxyl groups is 1. The van der Waals surface area contributed by atoms with Crippen LogP contribution in [-0.4, -0.2) is 39.8 Å². The molecule has 0 fully saturated rings. The summed E-state index contributed by atoms with van der Waals surface area (Å²) in [5, 5.41) is 22.5. The van der Waals surface area contributed by atoms with Crippen molar-refractivity contribution in [3.8, 4) is 0 Å². The van der Waals surface area contributed by atoms with Gasteiger partial charge in [-0.1, -0.05) is 17.4 Å². The second kappa shape index (κ2) is 5.85. The van der Waals surface area contributed by atoms with Crippen molar-refractivity contribution < 1.29 is 19.8 Å². The molecule has 1 aromatic carbocycles. The van der Waals surface area contributed by atoms with Crippen LogP contribution < -0.4 is 10.6 Å². The van der Waals surface area contributed by atoms with Gasteiger partial charge in [0.25, 0.3) is 0 Å². The number of carbonyl (C=O) groups is 2. The summed E-state index contributed by atoms with van der Waals surface area (Å²) in [6.07, 6.45) is 0. The fraction of sp³-hybridized carbons (Fsp3) is 0.250. The fourth-order valence-corrected chi connectivity index (χ4v) is 2.52. The van der Waals surface area contributed by atoms with Crippen LogP contribution in [0.2, 0.25) is 0 Å². The Bertz CT molecular complexity index is 655. The number of benzene rings is 1. The second-order valence-corrected chi connectivity index (χ2v) is 5.19. The molecule has 1 atom stereocenters. The molecular formula is C12H13N3O4S. The smallest absolute Gasteiger partial charge is 0.328 e. The van der Waals surface area contributed by atoms with Gasteiger partial charge in [0, 0.05) is 0 Å². The maximum Gasteiger partial charge on any atom is 0.328 e. The summed E-state index contributed by atoms with van der Waals surface area (Å²) in [6.45, 7) is 1.28. The van der Waals surface area contributed by atoms with E-state index in [1.54, 1.807) is 0 Å². The molecule has 8 heteroatoms. The van der Waals surface area contributed by atoms with Crippen molar-refractivity contribution in [2.75, 3.05) is 11.9 Å². The number of aliphatic hydroxyl groups excluding tert-OH is 1. The average molecular weight is 295 g/mol. The van der Waals surface area contributed by atoms with Crippen molar-refractivity contribution >= 4 is 38.7 Å². The van der Waals surface area contributed by atoms with Gasteiger partial charge in [-0.25, -0.2) is 14.6 Å². The number of hydrogen-bond acceptors (Lipinski definition) is 5. The van der Waals surface area contributed by atoms with Gasteiger partial charge in [-0.3, -0.25) is 5.32 Å². The van der Waals surface area contributed by atoms with Crippen molar-refractivity contribution in [3.05, 3.63) is 23.8 Å². The van der Waals surface area contributed by atoms with E-state index in [9.17, 15) is 9.59 Å². The lowest BCUT2D eigenvalue weighted by molar-refractivity contribution is -0.140. The normalized spacial score (nSPS) is 12.1. The Morgan fingerprint density at radius 3 is 2.85 bits per heavy atom. The van der Waals surface area contributed by atoms with Crippen molar-refractivity contribution in [2.45, 2.75) is 13.0 Å². The van der Waals surface area contributed by atoms with E-state index in [2.05, 4.69) is 15.6 Å². The lowest BCUT2D eigenvalue weighted by Crippen LogP contribution is -2.45. The number of fused-ring (bicyclic) bond motifs is 1. The molecule has 106 valence electrons. The number of aromatic nitrogens is 1. The summed E-state index contributed by atoms with van der Waals surface area (Å²) >= 11 is 1.29. The van der Waals surface area contributed by atoms with Crippen LogP contribution in [0.15, 0.2) is 18.2 Å². The lowest BCUT2D eigenvalue weighted by Gasteiger charge is -2.11. The first-order valence-corrected chi connectivity index (χ1v) is 6.59. The first-order chi connectivity index (χ1) is 9.49. The van der Waals surface area contributed by atoms with E-state index in [0.717, 1.165) is 15.8 Å². The summed E-state index contributed by atoms with van der Waals surface area (Å²) in [7, 11) is 0. The van der Waals surface area contributed by atoms with Gasteiger partial charge in [0.15, 0.2) is 11.2 Å². The number of nitrogens with one attached hydrogen (secondary N) is 2. The van der Waals surface area contributed by atoms with Crippen molar-refractivity contribution in [2.24, 2.45) is 0 Å². The molecule has 0 radical (unpaired) electrons. The second-order valence-electron chi connectivity index (χ2n) is 4.16. The monoisotopic (exact) mass is 295 g/mol. The number of carbonyl (C=O) groups excluding carboxylic acids is 1. The van der Waals surface area contributed by atoms with Crippen molar-refractivity contribution in [1.29, 1.82) is 0 Å². The number of amides is 2. The molecule has 0 saturated carbocycles. The molecule has 0 aliphatic heterocycles. The quantitative estimate of drug-likeness (QED) is 0.676. The van der Waals surface area contributed by atoms with Gasteiger partial charge in [0.2, 0.25) is 0 Å². The summed E-state index contributed by atoms with van der Waals surface area (Å²) in [5.74, 6) is -1.30. The van der Waals surface area contributed by atoms with Crippen LogP contribution in [-0.2, 0) is 4.79 Å². The van der Waals surface area contributed by atoms with E-state index in [-0.39, 0.29) is 0 Å². The SMILES string of the molecule is Cc1ccc2nc(NC(=O)N[C@H](CO)C(=O)O)sc2c1. The number of rotatable bonds is 4. The van der Waals surface area contributed by atoms with Gasteiger partial charge in [0.1, 0.15) is 0 Å². The Morgan fingerprint density at radius 2 is 2.20 bits per heavy atom. The molecule has 4 N–H and O–H groups in total. The van der Waals surface area contributed by atoms with Crippen LogP contribution in [0.25, 0.3) is 10.2 Å². The summed E-state index contributed by atoms with van der Waals surface area (Å²) < 4.78 is 0.928. The van der Waals surface area contributed by atoms with Crippen LogP contribution in [0.1, 0.15) is 5.56 Å². The molecule has 0 bridgehead atoms. The van der Waals surface area contributed by atoms with Gasteiger partial charge in [-0.15, -0.1) is 0 Å². The molecule has 0 aliphatic carbocycles. The van der Waals surface area contributed by atoms with Gasteiger partial charge >= 0.3 is 12.0 Å². The van der Waals surface area contributed by atoms with Crippen LogP contribution >= 0.6 is 11.3 Å². The van der Waals surface area contributed by atoms with Crippen LogP contribution in [0, 0.1) is 6.92 Å². The number of carboxylic acids is 1. The zero-order valence-corrected chi connectivity index (χ0v) is 11.4. The number of urea groups is 1. The Labute approximate surface area is 118 Å². The van der Waals surface area contributed by atoms with Crippen molar-refractivity contribution in [1.82, 2.24) is 10.3 Å². The molecule has 1 aromatic heterocycles. The molecule has 7 nitrogen and oxygen atoms in total. The molecule has 0 aliphatic rings. The fourth-order valence-electron chi connectivity index (χ4n) is 1.56. The third-order valence-electron chi connectivity index (χ3n) is 2.55. The highest BCUT2D eigenvalue weighted by Gasteiger charge is 2.19. The van der Waals surface area contributed by atoms with E-state index in [1.165, 1.54) is 11.3 Å². The molecule has 1 heterocycles. The number of aliphatic carboxylic acids is 1. The number of carboxylic acid groups (broad SMARTS) is 1. The maximum atomic E-state index is 11.6. The summed E-state index contributed by atoms with van der Waals surface area (Å²) in [4.78, 5) is 26.5. The lowest BCUT2D eigenvalue weighted by atomic mass is 10.2. The molecular weight excluding hydrogens is 282 g/mol. The minimum atomic E-state index is -1.34. The first kappa shape index (κ1) is 14.2.